The third-order valence-corrected chi connectivity index (χ3v) is 2.77. The molecule has 0 radical (unpaired) electrons. The van der Waals surface area contributed by atoms with Crippen LogP contribution in [0.2, 0.25) is 0 Å². The second-order valence-electron chi connectivity index (χ2n) is 3.27. The highest BCUT2D eigenvalue weighted by molar-refractivity contribution is 9.08. The third-order valence-electron chi connectivity index (χ3n) is 2.13. The highest BCUT2D eigenvalue weighted by atomic mass is 79.9. The molecule has 0 unspecified atom stereocenters. The monoisotopic (exact) mass is 279 g/mol. The van der Waals surface area contributed by atoms with Crippen LogP contribution in [-0.2, 0) is 5.33 Å². The highest BCUT2D eigenvalue weighted by Crippen LogP contribution is 2.10. The van der Waals surface area contributed by atoms with Gasteiger partial charge in [-0.2, -0.15) is 5.10 Å². The first-order valence-corrected chi connectivity index (χ1v) is 5.87. The molecule has 1 amide bonds. The van der Waals surface area contributed by atoms with Gasteiger partial charge in [-0.15, -0.1) is 0 Å². The van der Waals surface area contributed by atoms with Gasteiger partial charge in [0.1, 0.15) is 0 Å². The number of alkyl halides is 1. The predicted octanol–water partition coefficient (Wildman–Crippen LogP) is 2.56. The second-order valence-corrected chi connectivity index (χ2v) is 3.83. The van der Waals surface area contributed by atoms with Crippen molar-refractivity contribution in [3.05, 3.63) is 47.8 Å². The summed E-state index contributed by atoms with van der Waals surface area (Å²) in [5.74, 6) is -0.137. The third kappa shape index (κ3) is 2.49. The van der Waals surface area contributed by atoms with E-state index in [4.69, 9.17) is 0 Å². The fraction of sp³-hybridized carbons (Fsp3) is 0.0909. The van der Waals surface area contributed by atoms with E-state index < -0.39 is 0 Å². The van der Waals surface area contributed by atoms with Gasteiger partial charge >= 0.3 is 0 Å². The molecule has 0 aliphatic carbocycles. The van der Waals surface area contributed by atoms with Crippen molar-refractivity contribution in [2.24, 2.45) is 0 Å². The molecule has 2 N–H and O–H groups in total. The van der Waals surface area contributed by atoms with Crippen LogP contribution in [0.1, 0.15) is 15.9 Å². The number of anilines is 1. The number of rotatable bonds is 3. The van der Waals surface area contributed by atoms with Crippen molar-refractivity contribution >= 4 is 27.5 Å². The topological polar surface area (TPSA) is 57.8 Å². The van der Waals surface area contributed by atoms with E-state index in [1.54, 1.807) is 24.5 Å². The minimum Gasteiger partial charge on any atom is -0.319 e. The minimum absolute atomic E-state index is 0.137. The van der Waals surface area contributed by atoms with Crippen molar-refractivity contribution in [1.82, 2.24) is 10.2 Å². The van der Waals surface area contributed by atoms with E-state index in [0.29, 0.717) is 11.3 Å². The van der Waals surface area contributed by atoms with E-state index in [2.05, 4.69) is 31.4 Å². The molecule has 4 nitrogen and oxygen atoms in total. The Bertz CT molecular complexity index is 464. The average Bonchev–Trinajstić information content (AvgIpc) is 2.82. The zero-order valence-corrected chi connectivity index (χ0v) is 9.99. The number of aromatic amines is 1. The molecule has 0 spiro atoms. The maximum atomic E-state index is 11.7. The normalized spacial score (nSPS) is 10.1. The number of halogens is 1. The maximum Gasteiger partial charge on any atom is 0.255 e. The van der Waals surface area contributed by atoms with Gasteiger partial charge in [0.25, 0.3) is 5.91 Å². The van der Waals surface area contributed by atoms with Gasteiger partial charge in [-0.25, -0.2) is 0 Å². The number of carbonyl (C=O) groups excluding carboxylic acids is 1. The zero-order valence-electron chi connectivity index (χ0n) is 8.40. The fourth-order valence-corrected chi connectivity index (χ4v) is 1.64. The largest absolute Gasteiger partial charge is 0.319 e. The number of carbonyl (C=O) groups is 1. The lowest BCUT2D eigenvalue weighted by molar-refractivity contribution is 0.102. The van der Waals surface area contributed by atoms with Gasteiger partial charge in [-0.05, 0) is 17.7 Å². The molecule has 0 saturated heterocycles. The molecule has 1 aromatic heterocycles. The van der Waals surface area contributed by atoms with Crippen molar-refractivity contribution in [2.75, 3.05) is 5.32 Å². The van der Waals surface area contributed by atoms with E-state index in [0.717, 1.165) is 10.9 Å². The first-order chi connectivity index (χ1) is 7.79. The summed E-state index contributed by atoms with van der Waals surface area (Å²) in [6.45, 7) is 0. The van der Waals surface area contributed by atoms with E-state index in [1.165, 1.54) is 0 Å². The molecule has 0 fully saturated rings. The van der Waals surface area contributed by atoms with Crippen molar-refractivity contribution in [3.8, 4) is 0 Å². The summed E-state index contributed by atoms with van der Waals surface area (Å²) in [5.41, 5.74) is 2.43. The van der Waals surface area contributed by atoms with Gasteiger partial charge in [-0.1, -0.05) is 28.1 Å². The first kappa shape index (κ1) is 10.9. The molecule has 2 rings (SSSR count). The van der Waals surface area contributed by atoms with Crippen LogP contribution in [0.5, 0.6) is 0 Å². The molecule has 0 aliphatic rings. The Kier molecular flexibility index (Phi) is 3.36. The molecule has 0 bridgehead atoms. The second kappa shape index (κ2) is 4.94. The van der Waals surface area contributed by atoms with Crippen LogP contribution >= 0.6 is 15.9 Å². The lowest BCUT2D eigenvalue weighted by Gasteiger charge is -2.02. The molecule has 82 valence electrons. The van der Waals surface area contributed by atoms with Crippen molar-refractivity contribution in [1.29, 1.82) is 0 Å². The summed E-state index contributed by atoms with van der Waals surface area (Å²) in [7, 11) is 0. The van der Waals surface area contributed by atoms with Crippen LogP contribution in [0.25, 0.3) is 0 Å². The van der Waals surface area contributed by atoms with Crippen LogP contribution in [0, 0.1) is 0 Å². The molecule has 5 heteroatoms. The van der Waals surface area contributed by atoms with Crippen LogP contribution in [0.4, 0.5) is 5.69 Å². The lowest BCUT2D eigenvalue weighted by Crippen LogP contribution is -2.11. The molecule has 0 aliphatic heterocycles. The van der Waals surface area contributed by atoms with E-state index in [9.17, 15) is 4.79 Å². The van der Waals surface area contributed by atoms with Gasteiger partial charge in [-0.3, -0.25) is 9.89 Å². The maximum absolute atomic E-state index is 11.7. The Morgan fingerprint density at radius 1 is 1.38 bits per heavy atom. The fourth-order valence-electron chi connectivity index (χ4n) is 1.27. The Morgan fingerprint density at radius 2 is 2.12 bits per heavy atom. The quantitative estimate of drug-likeness (QED) is 0.849. The van der Waals surface area contributed by atoms with Gasteiger partial charge in [0, 0.05) is 17.1 Å². The number of nitrogens with zero attached hydrogens (tertiary/aromatic N) is 1. The van der Waals surface area contributed by atoms with E-state index in [-0.39, 0.29) is 5.91 Å². The minimum atomic E-state index is -0.137. The number of aromatic nitrogens is 2. The zero-order chi connectivity index (χ0) is 11.4. The Hall–Kier alpha value is -1.62. The summed E-state index contributed by atoms with van der Waals surface area (Å²) in [6, 6.07) is 7.43. The van der Waals surface area contributed by atoms with Crippen LogP contribution in [0.15, 0.2) is 36.7 Å². The molecule has 1 heterocycles. The number of hydrogen-bond acceptors (Lipinski definition) is 2. The number of hydrogen-bond donors (Lipinski definition) is 2. The molecular weight excluding hydrogens is 270 g/mol. The SMILES string of the molecule is O=C(Nc1cn[nH]c1)c1ccc(CBr)cc1. The molecule has 16 heavy (non-hydrogen) atoms. The molecule has 1 aromatic carbocycles. The van der Waals surface area contributed by atoms with Crippen molar-refractivity contribution in [2.45, 2.75) is 5.33 Å². The van der Waals surface area contributed by atoms with Crippen LogP contribution in [-0.4, -0.2) is 16.1 Å². The Balaban J connectivity index is 2.09. The summed E-state index contributed by atoms with van der Waals surface area (Å²) >= 11 is 3.35. The summed E-state index contributed by atoms with van der Waals surface area (Å²) < 4.78 is 0. The molecule has 2 aromatic rings. The summed E-state index contributed by atoms with van der Waals surface area (Å²) in [4.78, 5) is 11.7. The van der Waals surface area contributed by atoms with Gasteiger partial charge in [0.05, 0.1) is 11.9 Å². The number of amides is 1. The van der Waals surface area contributed by atoms with E-state index in [1.807, 2.05) is 12.1 Å². The Morgan fingerprint density at radius 3 is 2.69 bits per heavy atom. The van der Waals surface area contributed by atoms with Gasteiger partial charge < -0.3 is 5.32 Å². The van der Waals surface area contributed by atoms with E-state index >= 15 is 0 Å². The lowest BCUT2D eigenvalue weighted by atomic mass is 10.1. The van der Waals surface area contributed by atoms with Gasteiger partial charge in [0.15, 0.2) is 0 Å². The standard InChI is InChI=1S/C11H10BrN3O/c12-5-8-1-3-9(4-2-8)11(16)15-10-6-13-14-7-10/h1-4,6-7H,5H2,(H,13,14)(H,15,16). The number of benzene rings is 1. The summed E-state index contributed by atoms with van der Waals surface area (Å²) in [6.07, 6.45) is 3.19. The van der Waals surface area contributed by atoms with Gasteiger partial charge in [0.2, 0.25) is 0 Å². The number of nitrogens with one attached hydrogen (secondary N) is 2. The van der Waals surface area contributed by atoms with Crippen LogP contribution in [0.3, 0.4) is 0 Å². The first-order valence-electron chi connectivity index (χ1n) is 4.74. The highest BCUT2D eigenvalue weighted by Gasteiger charge is 2.05. The smallest absolute Gasteiger partial charge is 0.255 e. The summed E-state index contributed by atoms with van der Waals surface area (Å²) in [5, 5.41) is 9.90. The number of H-pyrrole nitrogens is 1. The van der Waals surface area contributed by atoms with Crippen LogP contribution < -0.4 is 5.32 Å². The average molecular weight is 280 g/mol. The molecule has 0 saturated carbocycles. The van der Waals surface area contributed by atoms with Crippen molar-refractivity contribution < 1.29 is 4.79 Å². The van der Waals surface area contributed by atoms with Crippen molar-refractivity contribution in [3.63, 3.8) is 0 Å². The Labute approximate surface area is 101 Å². The molecular formula is C11H10BrN3O. The predicted molar refractivity (Wildman–Crippen MR) is 65.6 cm³/mol. The molecule has 0 atom stereocenters.